The Kier molecular flexibility index (Phi) is 7.85. The van der Waals surface area contributed by atoms with Crippen LogP contribution in [0.25, 0.3) is 39.3 Å². The normalized spacial score (nSPS) is 16.6. The van der Waals surface area contributed by atoms with Crippen molar-refractivity contribution < 1.29 is 18.7 Å². The van der Waals surface area contributed by atoms with Crippen LogP contribution >= 0.6 is 0 Å². The van der Waals surface area contributed by atoms with Crippen molar-refractivity contribution in [3.8, 4) is 28.2 Å². The summed E-state index contributed by atoms with van der Waals surface area (Å²) in [6.45, 7) is 5.32. The molecule has 11 heteroatoms. The van der Waals surface area contributed by atoms with Crippen LogP contribution in [0, 0.1) is 0 Å². The van der Waals surface area contributed by atoms with E-state index in [0.29, 0.717) is 29.6 Å². The van der Waals surface area contributed by atoms with E-state index in [1.54, 1.807) is 26.4 Å². The number of anilines is 2. The van der Waals surface area contributed by atoms with Crippen molar-refractivity contribution in [3.63, 3.8) is 0 Å². The molecule has 2 aromatic carbocycles. The Bertz CT molecular complexity index is 1890. The molecule has 11 nitrogen and oxygen atoms in total. The number of H-pyrrole nitrogens is 1. The average molecular weight is 609 g/mol. The van der Waals surface area contributed by atoms with Crippen molar-refractivity contribution in [1.82, 2.24) is 19.7 Å². The highest BCUT2D eigenvalue weighted by atomic mass is 16.5. The van der Waals surface area contributed by atoms with Gasteiger partial charge in [-0.25, -0.2) is 4.79 Å². The minimum absolute atomic E-state index is 0.0420. The Morgan fingerprint density at radius 1 is 1.07 bits per heavy atom. The van der Waals surface area contributed by atoms with Crippen molar-refractivity contribution in [2.75, 3.05) is 49.8 Å². The SMILES string of the molecule is CCOC(=O)c1cn(-c2ccc3nc(N4CCC[C@@H]4COC)oc3c2)c(-c2ccc(N3CCCC3)c(-c3cc[nH]n3)c2)cc1=O. The van der Waals surface area contributed by atoms with Crippen molar-refractivity contribution in [2.24, 2.45) is 0 Å². The van der Waals surface area contributed by atoms with Crippen LogP contribution in [-0.2, 0) is 9.47 Å². The molecule has 5 heterocycles. The van der Waals surface area contributed by atoms with E-state index in [4.69, 9.17) is 18.9 Å². The molecule has 1 N–H and O–H groups in total. The Labute approximate surface area is 260 Å². The number of rotatable bonds is 9. The fraction of sp³-hybridized carbons (Fsp3) is 0.353. The minimum Gasteiger partial charge on any atom is -0.462 e. The molecule has 0 amide bonds. The molecule has 0 bridgehead atoms. The third-order valence-corrected chi connectivity index (χ3v) is 8.68. The monoisotopic (exact) mass is 608 g/mol. The number of hydrogen-bond donors (Lipinski definition) is 1. The lowest BCUT2D eigenvalue weighted by atomic mass is 10.0. The van der Waals surface area contributed by atoms with Crippen molar-refractivity contribution in [1.29, 1.82) is 0 Å². The molecule has 2 saturated heterocycles. The number of hydrogen-bond acceptors (Lipinski definition) is 9. The van der Waals surface area contributed by atoms with Crippen LogP contribution < -0.4 is 15.2 Å². The maximum atomic E-state index is 13.4. The molecule has 2 aliphatic heterocycles. The quantitative estimate of drug-likeness (QED) is 0.219. The fourth-order valence-electron chi connectivity index (χ4n) is 6.50. The number of nitrogens with one attached hydrogen (secondary N) is 1. The fourth-order valence-corrected chi connectivity index (χ4v) is 6.50. The molecule has 0 radical (unpaired) electrons. The van der Waals surface area contributed by atoms with Crippen LogP contribution in [0.3, 0.4) is 0 Å². The number of aromatic nitrogens is 4. The third kappa shape index (κ3) is 5.48. The summed E-state index contributed by atoms with van der Waals surface area (Å²) in [7, 11) is 1.71. The second-order valence-electron chi connectivity index (χ2n) is 11.5. The second-order valence-corrected chi connectivity index (χ2v) is 11.5. The van der Waals surface area contributed by atoms with Gasteiger partial charge >= 0.3 is 5.97 Å². The molecule has 2 aliphatic rings. The summed E-state index contributed by atoms with van der Waals surface area (Å²) >= 11 is 0. The molecule has 2 fully saturated rings. The van der Waals surface area contributed by atoms with E-state index in [1.807, 2.05) is 34.9 Å². The first-order chi connectivity index (χ1) is 22.0. The van der Waals surface area contributed by atoms with Crippen LogP contribution in [0.5, 0.6) is 0 Å². The molecule has 7 rings (SSSR count). The summed E-state index contributed by atoms with van der Waals surface area (Å²) in [5, 5.41) is 7.41. The van der Waals surface area contributed by atoms with E-state index in [-0.39, 0.29) is 18.2 Å². The van der Waals surface area contributed by atoms with E-state index in [2.05, 4.69) is 32.1 Å². The highest BCUT2D eigenvalue weighted by molar-refractivity contribution is 5.90. The van der Waals surface area contributed by atoms with Gasteiger partial charge in [0.2, 0.25) is 0 Å². The van der Waals surface area contributed by atoms with Crippen LogP contribution in [0.4, 0.5) is 11.7 Å². The summed E-state index contributed by atoms with van der Waals surface area (Å²) < 4.78 is 18.8. The molecular formula is C34H36N6O5. The van der Waals surface area contributed by atoms with Crippen molar-refractivity contribution in [3.05, 3.63) is 76.7 Å². The molecule has 5 aromatic rings. The summed E-state index contributed by atoms with van der Waals surface area (Å²) in [6, 6.07) is 16.1. The third-order valence-electron chi connectivity index (χ3n) is 8.68. The van der Waals surface area contributed by atoms with E-state index >= 15 is 0 Å². The topological polar surface area (TPSA) is 119 Å². The number of benzene rings is 2. The van der Waals surface area contributed by atoms with E-state index < -0.39 is 11.4 Å². The first-order valence-corrected chi connectivity index (χ1v) is 15.5. The number of aromatic amines is 1. The molecule has 45 heavy (non-hydrogen) atoms. The van der Waals surface area contributed by atoms with E-state index in [0.717, 1.165) is 73.3 Å². The van der Waals surface area contributed by atoms with Crippen LogP contribution in [0.2, 0.25) is 0 Å². The number of carbonyl (C=O) groups excluding carboxylic acids is 1. The Hall–Kier alpha value is -4.90. The van der Waals surface area contributed by atoms with E-state index in [9.17, 15) is 9.59 Å². The van der Waals surface area contributed by atoms with Gasteiger partial charge in [-0.05, 0) is 68.5 Å². The highest BCUT2D eigenvalue weighted by Gasteiger charge is 2.28. The zero-order valence-electron chi connectivity index (χ0n) is 25.5. The molecular weight excluding hydrogens is 572 g/mol. The van der Waals surface area contributed by atoms with Gasteiger partial charge in [-0.15, -0.1) is 0 Å². The lowest BCUT2D eigenvalue weighted by Crippen LogP contribution is -2.32. The maximum absolute atomic E-state index is 13.4. The van der Waals surface area contributed by atoms with Crippen LogP contribution in [0.1, 0.15) is 43.0 Å². The Morgan fingerprint density at radius 2 is 1.93 bits per heavy atom. The second kappa shape index (κ2) is 12.2. The summed E-state index contributed by atoms with van der Waals surface area (Å²) in [4.78, 5) is 35.5. The van der Waals surface area contributed by atoms with Gasteiger partial charge in [0.1, 0.15) is 11.1 Å². The van der Waals surface area contributed by atoms with Gasteiger partial charge in [-0.2, -0.15) is 10.1 Å². The predicted octanol–water partition coefficient (Wildman–Crippen LogP) is 5.43. The molecule has 0 unspecified atom stereocenters. The van der Waals surface area contributed by atoms with Gasteiger partial charge in [0.15, 0.2) is 11.0 Å². The zero-order valence-corrected chi connectivity index (χ0v) is 25.5. The number of fused-ring (bicyclic) bond motifs is 1. The number of pyridine rings is 1. The van der Waals surface area contributed by atoms with Crippen LogP contribution in [0.15, 0.2) is 70.1 Å². The van der Waals surface area contributed by atoms with Gasteiger partial charge in [-0.1, -0.05) is 6.07 Å². The number of esters is 1. The molecule has 0 aliphatic carbocycles. The smallest absolute Gasteiger partial charge is 0.343 e. The number of nitrogens with zero attached hydrogens (tertiary/aromatic N) is 5. The molecule has 3 aromatic heterocycles. The lowest BCUT2D eigenvalue weighted by molar-refractivity contribution is 0.0524. The predicted molar refractivity (Wildman–Crippen MR) is 172 cm³/mol. The first kappa shape index (κ1) is 28.8. The molecule has 0 saturated carbocycles. The average Bonchev–Trinajstić information content (AvgIpc) is 3.88. The Balaban J connectivity index is 1.36. The van der Waals surface area contributed by atoms with E-state index in [1.165, 1.54) is 6.07 Å². The molecule has 232 valence electrons. The van der Waals surface area contributed by atoms with Gasteiger partial charge in [0, 0.05) is 68.2 Å². The molecule has 0 spiro atoms. The van der Waals surface area contributed by atoms with Crippen molar-refractivity contribution >= 4 is 28.8 Å². The van der Waals surface area contributed by atoms with Gasteiger partial charge in [0.05, 0.1) is 30.6 Å². The van der Waals surface area contributed by atoms with Gasteiger partial charge < -0.3 is 28.3 Å². The lowest BCUT2D eigenvalue weighted by Gasteiger charge is -2.22. The Morgan fingerprint density at radius 3 is 2.71 bits per heavy atom. The highest BCUT2D eigenvalue weighted by Crippen LogP contribution is 2.37. The van der Waals surface area contributed by atoms with Crippen molar-refractivity contribution in [2.45, 2.75) is 38.6 Å². The standard InChI is InChI=1S/C34H36N6O5/c1-3-44-33(42)26-20-40(23-9-10-28-32(18-23)45-34(36-28)39-16-6-7-24(39)21-43-2)30(19-31(26)41)22-8-11-29(38-14-4-5-15-38)25(17-22)27-12-13-35-37-27/h8-13,17-20,24H,3-7,14-16,21H2,1-2H3,(H,35,37)/t24-/m1/s1. The maximum Gasteiger partial charge on any atom is 0.343 e. The largest absolute Gasteiger partial charge is 0.462 e. The number of carbonyl (C=O) groups is 1. The first-order valence-electron chi connectivity index (χ1n) is 15.5. The minimum atomic E-state index is -0.661. The summed E-state index contributed by atoms with van der Waals surface area (Å²) in [5.41, 5.74) is 5.91. The number of methoxy groups -OCH3 is 1. The van der Waals surface area contributed by atoms with Gasteiger partial charge in [-0.3, -0.25) is 9.89 Å². The molecule has 1 atom stereocenters. The van der Waals surface area contributed by atoms with Crippen LogP contribution in [-0.4, -0.2) is 71.7 Å². The van der Waals surface area contributed by atoms with Gasteiger partial charge in [0.25, 0.3) is 6.01 Å². The number of oxazole rings is 1. The zero-order chi connectivity index (χ0) is 30.9. The summed E-state index contributed by atoms with van der Waals surface area (Å²) in [5.74, 6) is -0.661. The number of ether oxygens (including phenoxy) is 2. The summed E-state index contributed by atoms with van der Waals surface area (Å²) in [6.07, 6.45) is 7.73.